The number of ketones is 2. The van der Waals surface area contributed by atoms with E-state index in [4.69, 9.17) is 4.84 Å². The van der Waals surface area contributed by atoms with Crippen LogP contribution in [0.4, 0.5) is 0 Å². The predicted molar refractivity (Wildman–Crippen MR) is 207 cm³/mol. The minimum Gasteiger partial charge on any atom is -0.387 e. The first-order valence-corrected chi connectivity index (χ1v) is 20.1. The van der Waals surface area contributed by atoms with Gasteiger partial charge < -0.3 is 25.7 Å². The summed E-state index contributed by atoms with van der Waals surface area (Å²) < 4.78 is 0. The molecule has 0 bridgehead atoms. The number of oxime groups is 1. The highest BCUT2D eigenvalue weighted by atomic mass is 16.7. The van der Waals surface area contributed by atoms with Crippen LogP contribution in [-0.4, -0.2) is 92.1 Å². The normalized spacial score (nSPS) is 22.7. The van der Waals surface area contributed by atoms with Crippen LogP contribution in [0.1, 0.15) is 121 Å². The minimum absolute atomic E-state index is 0.00201. The lowest BCUT2D eigenvalue weighted by atomic mass is 9.76. The largest absolute Gasteiger partial charge is 0.387 e. The second kappa shape index (κ2) is 17.4. The summed E-state index contributed by atoms with van der Waals surface area (Å²) >= 11 is 0. The van der Waals surface area contributed by atoms with E-state index < -0.39 is 64.5 Å². The Balaban J connectivity index is 1.27. The number of likely N-dealkylation sites (tertiary alicyclic amines) is 1. The van der Waals surface area contributed by atoms with Crippen molar-refractivity contribution in [1.29, 1.82) is 0 Å². The third-order valence-electron chi connectivity index (χ3n) is 11.5. The van der Waals surface area contributed by atoms with Crippen LogP contribution >= 0.6 is 0 Å². The summed E-state index contributed by atoms with van der Waals surface area (Å²) in [6, 6.07) is 6.22. The highest BCUT2D eigenvalue weighted by Gasteiger charge is 2.56. The number of aromatic nitrogens is 2. The van der Waals surface area contributed by atoms with Gasteiger partial charge in [0, 0.05) is 43.6 Å². The Morgan fingerprint density at radius 3 is 2.34 bits per heavy atom. The average Bonchev–Trinajstić information content (AvgIpc) is 3.79. The van der Waals surface area contributed by atoms with Crippen LogP contribution < -0.4 is 16.0 Å². The van der Waals surface area contributed by atoms with Gasteiger partial charge in [-0.25, -0.2) is 4.98 Å². The second-order valence-corrected chi connectivity index (χ2v) is 17.0. The Labute approximate surface area is 328 Å². The summed E-state index contributed by atoms with van der Waals surface area (Å²) in [7, 11) is 0. The van der Waals surface area contributed by atoms with Crippen LogP contribution in [0.3, 0.4) is 0 Å². The van der Waals surface area contributed by atoms with E-state index in [9.17, 15) is 28.8 Å². The van der Waals surface area contributed by atoms with Crippen molar-refractivity contribution in [2.24, 2.45) is 22.4 Å². The topological polar surface area (TPSA) is 189 Å². The van der Waals surface area contributed by atoms with Crippen LogP contribution in [0.2, 0.25) is 0 Å². The zero-order valence-electron chi connectivity index (χ0n) is 32.9. The maximum absolute atomic E-state index is 15.0. The van der Waals surface area contributed by atoms with Crippen molar-refractivity contribution in [2.45, 2.75) is 135 Å². The molecule has 1 spiro atoms. The Bertz CT molecular complexity index is 1800. The van der Waals surface area contributed by atoms with E-state index >= 15 is 0 Å². The SMILES string of the molecule is CCC[C@H](NC(=O)[C@@H]1C[C@@]2(CC(c3ccccc3)=NO2)CN1C(=O)[C@@H](NC(=O)[C@@H](CC(=O)c1cnccn1)C1CCCCC1)C(C)(C)C)C(=O)C(=O)NC1CC1. The molecule has 2 aromatic rings. The fourth-order valence-electron chi connectivity index (χ4n) is 8.20. The average molecular weight is 770 g/mol. The summed E-state index contributed by atoms with van der Waals surface area (Å²) in [5.74, 6) is -4.00. The predicted octanol–water partition coefficient (Wildman–Crippen LogP) is 4.07. The molecule has 56 heavy (non-hydrogen) atoms. The second-order valence-electron chi connectivity index (χ2n) is 17.0. The summed E-state index contributed by atoms with van der Waals surface area (Å²) in [5, 5.41) is 13.0. The third kappa shape index (κ3) is 9.67. The van der Waals surface area contributed by atoms with Crippen molar-refractivity contribution < 1.29 is 33.6 Å². The number of amides is 4. The number of carbonyl (C=O) groups is 6. The Morgan fingerprint density at radius 2 is 1.70 bits per heavy atom. The molecule has 2 saturated carbocycles. The number of nitrogens with one attached hydrogen (secondary N) is 3. The van der Waals surface area contributed by atoms with E-state index in [2.05, 4.69) is 31.1 Å². The van der Waals surface area contributed by atoms with Crippen molar-refractivity contribution in [1.82, 2.24) is 30.8 Å². The zero-order valence-corrected chi connectivity index (χ0v) is 32.9. The zero-order chi connectivity index (χ0) is 40.0. The van der Waals surface area contributed by atoms with Gasteiger partial charge in [0.2, 0.25) is 23.5 Å². The quantitative estimate of drug-likeness (QED) is 0.177. The molecule has 1 saturated heterocycles. The molecule has 2 aliphatic carbocycles. The van der Waals surface area contributed by atoms with E-state index in [0.29, 0.717) is 18.6 Å². The van der Waals surface area contributed by atoms with Crippen molar-refractivity contribution in [3.8, 4) is 0 Å². The highest BCUT2D eigenvalue weighted by Crippen LogP contribution is 2.40. The van der Waals surface area contributed by atoms with Gasteiger partial charge in [0.05, 0.1) is 24.5 Å². The van der Waals surface area contributed by atoms with Gasteiger partial charge in [0.25, 0.3) is 5.91 Å². The smallest absolute Gasteiger partial charge is 0.289 e. The summed E-state index contributed by atoms with van der Waals surface area (Å²) in [4.78, 5) is 99.0. The molecule has 0 radical (unpaired) electrons. The monoisotopic (exact) mass is 769 g/mol. The van der Waals surface area contributed by atoms with Crippen LogP contribution in [0, 0.1) is 17.3 Å². The fraction of sp³-hybridized carbons (Fsp3) is 0.595. The molecule has 14 nitrogen and oxygen atoms in total. The van der Waals surface area contributed by atoms with Gasteiger partial charge in [-0.05, 0) is 49.0 Å². The summed E-state index contributed by atoms with van der Waals surface area (Å²) in [6.45, 7) is 7.38. The molecule has 6 rings (SSSR count). The number of benzene rings is 1. The van der Waals surface area contributed by atoms with Crippen molar-refractivity contribution in [3.63, 3.8) is 0 Å². The molecule has 300 valence electrons. The van der Waals surface area contributed by atoms with Crippen molar-refractivity contribution >= 4 is 40.9 Å². The lowest BCUT2D eigenvalue weighted by molar-refractivity contribution is -0.146. The van der Waals surface area contributed by atoms with E-state index in [1.165, 1.54) is 23.5 Å². The lowest BCUT2D eigenvalue weighted by Crippen LogP contribution is -2.60. The van der Waals surface area contributed by atoms with Gasteiger partial charge in [-0.15, -0.1) is 0 Å². The van der Waals surface area contributed by atoms with E-state index in [1.54, 1.807) is 0 Å². The molecule has 3 N–H and O–H groups in total. The van der Waals surface area contributed by atoms with Crippen LogP contribution in [0.15, 0.2) is 54.1 Å². The van der Waals surface area contributed by atoms with Crippen molar-refractivity contribution in [3.05, 3.63) is 60.2 Å². The first-order valence-electron chi connectivity index (χ1n) is 20.1. The molecule has 0 unspecified atom stereocenters. The van der Waals surface area contributed by atoms with Gasteiger partial charge in [-0.1, -0.05) is 88.9 Å². The van der Waals surface area contributed by atoms with Crippen LogP contribution in [0.25, 0.3) is 0 Å². The molecule has 1 aromatic carbocycles. The number of carbonyl (C=O) groups excluding carboxylic acids is 6. The molecular weight excluding hydrogens is 715 g/mol. The third-order valence-corrected chi connectivity index (χ3v) is 11.5. The molecule has 4 aliphatic rings. The van der Waals surface area contributed by atoms with Gasteiger partial charge in [-0.2, -0.15) is 0 Å². The van der Waals surface area contributed by atoms with Gasteiger partial charge >= 0.3 is 0 Å². The molecule has 3 fully saturated rings. The Kier molecular flexibility index (Phi) is 12.6. The summed E-state index contributed by atoms with van der Waals surface area (Å²) in [6.07, 6.45) is 11.5. The molecule has 3 heterocycles. The number of Topliss-reactive ketones (excluding diaryl/α,β-unsaturated/α-hetero) is 2. The lowest BCUT2D eigenvalue weighted by Gasteiger charge is -2.37. The minimum atomic E-state index is -1.10. The maximum Gasteiger partial charge on any atom is 0.289 e. The Hall–Kier alpha value is -5.01. The van der Waals surface area contributed by atoms with E-state index in [0.717, 1.165) is 50.5 Å². The molecule has 4 amide bonds. The van der Waals surface area contributed by atoms with E-state index in [1.807, 2.05) is 58.0 Å². The van der Waals surface area contributed by atoms with Gasteiger partial charge in [0.15, 0.2) is 11.4 Å². The molecule has 2 aliphatic heterocycles. The number of hydrogen-bond donors (Lipinski definition) is 3. The molecule has 1 aromatic heterocycles. The number of hydrogen-bond acceptors (Lipinski definition) is 10. The molecular formula is C42H55N7O7. The van der Waals surface area contributed by atoms with Crippen LogP contribution in [0.5, 0.6) is 0 Å². The van der Waals surface area contributed by atoms with Crippen molar-refractivity contribution in [2.75, 3.05) is 6.54 Å². The first-order chi connectivity index (χ1) is 26.8. The standard InChI is InChI=1S/C42H55N7O7/c1-5-12-30(35(51)39(54)45-28-17-18-28)46-38(53)33-23-42(22-31(48-56-42)27-15-10-7-11-16-27)25-49(33)40(55)36(41(2,3)4)47-37(52)29(26-13-8-6-9-14-26)21-34(50)32-24-43-19-20-44-32/h7,10-11,15-16,19-20,24,26,28-30,33,36H,5-6,8-9,12-14,17-18,21-23,25H2,1-4H3,(H,45,54)(H,46,53)(H,47,52)/t29-,30-,33-,36+,42-/m0/s1. The Morgan fingerprint density at radius 1 is 0.964 bits per heavy atom. The van der Waals surface area contributed by atoms with Gasteiger partial charge in [0.1, 0.15) is 17.8 Å². The highest BCUT2D eigenvalue weighted by molar-refractivity contribution is 6.38. The van der Waals surface area contributed by atoms with E-state index in [-0.39, 0.29) is 49.2 Å². The fourth-order valence-corrected chi connectivity index (χ4v) is 8.20. The number of rotatable bonds is 15. The molecule has 14 heteroatoms. The number of nitrogens with zero attached hydrogens (tertiary/aromatic N) is 4. The van der Waals surface area contributed by atoms with Gasteiger partial charge in [-0.3, -0.25) is 33.8 Å². The first kappa shape index (κ1) is 40.6. The van der Waals surface area contributed by atoms with Crippen LogP contribution in [-0.2, 0) is 28.8 Å². The maximum atomic E-state index is 15.0. The summed E-state index contributed by atoms with van der Waals surface area (Å²) in [5.41, 5.74) is -0.149. The molecule has 5 atom stereocenters.